The van der Waals surface area contributed by atoms with Crippen LogP contribution in [0.2, 0.25) is 0 Å². The molecule has 0 saturated heterocycles. The summed E-state index contributed by atoms with van der Waals surface area (Å²) in [6.45, 7) is 2.90. The van der Waals surface area contributed by atoms with Crippen molar-refractivity contribution in [3.63, 3.8) is 0 Å². The maximum absolute atomic E-state index is 14.6. The maximum Gasteiger partial charge on any atom is 0.321 e. The van der Waals surface area contributed by atoms with Gasteiger partial charge in [-0.1, -0.05) is 66.2 Å². The molecule has 2 heterocycles. The van der Waals surface area contributed by atoms with E-state index in [1.165, 1.54) is 27.4 Å². The second kappa shape index (κ2) is 13.4. The van der Waals surface area contributed by atoms with Gasteiger partial charge in [-0.3, -0.25) is 4.79 Å². The average molecular weight is 711 g/mol. The number of ether oxygens (including phenoxy) is 1. The molecular formula is C37H30N2O7S3. The molecule has 0 unspecified atom stereocenters. The van der Waals surface area contributed by atoms with Crippen LogP contribution in [0.15, 0.2) is 112 Å². The van der Waals surface area contributed by atoms with Crippen LogP contribution >= 0.6 is 11.3 Å². The smallest absolute Gasteiger partial charge is 0.321 e. The lowest BCUT2D eigenvalue weighted by atomic mass is 9.96. The molecule has 0 bridgehead atoms. The molecule has 2 aromatic heterocycles. The molecule has 0 fully saturated rings. The lowest BCUT2D eigenvalue weighted by Gasteiger charge is -2.15. The summed E-state index contributed by atoms with van der Waals surface area (Å²) < 4.78 is 61.9. The van der Waals surface area contributed by atoms with Crippen LogP contribution in [0.5, 0.6) is 0 Å². The van der Waals surface area contributed by atoms with E-state index in [0.29, 0.717) is 49.3 Å². The molecule has 49 heavy (non-hydrogen) atoms. The number of aliphatic hydroxyl groups is 1. The predicted octanol–water partition coefficient (Wildman–Crippen LogP) is 6.95. The van der Waals surface area contributed by atoms with Crippen LogP contribution in [0.25, 0.3) is 44.4 Å². The van der Waals surface area contributed by atoms with Gasteiger partial charge < -0.3 is 9.84 Å². The topological polar surface area (TPSA) is 144 Å². The number of aliphatic hydroxyl groups excluding tert-OH is 1. The van der Waals surface area contributed by atoms with Crippen molar-refractivity contribution in [1.82, 2.24) is 3.97 Å². The number of rotatable bonds is 10. The summed E-state index contributed by atoms with van der Waals surface area (Å²) >= 11 is 1.26. The Morgan fingerprint density at radius 2 is 1.61 bits per heavy atom. The number of aromatic nitrogens is 1. The molecule has 4 aromatic carbocycles. The zero-order chi connectivity index (χ0) is 34.9. The summed E-state index contributed by atoms with van der Waals surface area (Å²) in [5.41, 5.74) is 4.44. The Bertz CT molecular complexity index is 2490. The summed E-state index contributed by atoms with van der Waals surface area (Å²) in [6, 6.07) is 29.3. The van der Waals surface area contributed by atoms with Crippen molar-refractivity contribution in [2.24, 2.45) is 0 Å². The molecule has 1 N–H and O–H groups in total. The summed E-state index contributed by atoms with van der Waals surface area (Å²) in [4.78, 5) is 12.4. The molecule has 6 aromatic rings. The van der Waals surface area contributed by atoms with E-state index < -0.39 is 38.2 Å². The Labute approximate surface area is 288 Å². The largest absolute Gasteiger partial charge is 0.465 e. The zero-order valence-electron chi connectivity index (χ0n) is 26.5. The van der Waals surface area contributed by atoms with E-state index in [4.69, 9.17) is 4.74 Å². The summed E-state index contributed by atoms with van der Waals surface area (Å²) in [5, 5.41) is 22.4. The normalized spacial score (nSPS) is 11.8. The Morgan fingerprint density at radius 3 is 2.33 bits per heavy atom. The molecule has 248 valence electrons. The van der Waals surface area contributed by atoms with Gasteiger partial charge in [0.15, 0.2) is 15.6 Å². The standard InChI is InChI=1S/C37H30N2O7S3/c1-3-46-35(41)23-48(42,43)34-20-26(13-14-28(34)22-40)25-7-6-8-27(19-25)37-36(31-17-18-47-33(31)21-38)30-9-4-5-10-32(30)39(37)49(44,45)29-15-11-24(2)12-16-29/h4-20,40H,3,22-23H2,1-2H3. The van der Waals surface area contributed by atoms with Crippen molar-refractivity contribution < 1.29 is 31.5 Å². The lowest BCUT2D eigenvalue weighted by molar-refractivity contribution is -0.139. The first-order chi connectivity index (χ1) is 23.5. The fourth-order valence-corrected chi connectivity index (χ4v) is 9.46. The second-order valence-corrected chi connectivity index (χ2v) is 15.9. The minimum atomic E-state index is -4.19. The van der Waals surface area contributed by atoms with E-state index in [2.05, 4.69) is 6.07 Å². The summed E-state index contributed by atoms with van der Waals surface area (Å²) in [6.07, 6.45) is 0. The third-order valence-corrected chi connectivity index (χ3v) is 12.3. The predicted molar refractivity (Wildman–Crippen MR) is 189 cm³/mol. The van der Waals surface area contributed by atoms with Crippen molar-refractivity contribution in [2.75, 3.05) is 12.4 Å². The number of carbonyl (C=O) groups excluding carboxylic acids is 1. The van der Waals surface area contributed by atoms with E-state index in [1.807, 2.05) is 19.1 Å². The highest BCUT2D eigenvalue weighted by molar-refractivity contribution is 7.92. The van der Waals surface area contributed by atoms with Crippen LogP contribution in [-0.2, 0) is 36.0 Å². The first-order valence-corrected chi connectivity index (χ1v) is 19.1. The summed E-state index contributed by atoms with van der Waals surface area (Å²) in [5.74, 6) is -1.79. The van der Waals surface area contributed by atoms with Gasteiger partial charge in [-0.15, -0.1) is 11.3 Å². The van der Waals surface area contributed by atoms with E-state index in [9.17, 15) is 32.0 Å². The molecule has 9 nitrogen and oxygen atoms in total. The number of hydrogen-bond donors (Lipinski definition) is 1. The van der Waals surface area contributed by atoms with E-state index >= 15 is 0 Å². The van der Waals surface area contributed by atoms with Crippen molar-refractivity contribution in [2.45, 2.75) is 30.2 Å². The number of hydrogen-bond acceptors (Lipinski definition) is 9. The SMILES string of the molecule is CCOC(=O)CS(=O)(=O)c1cc(-c2cccc(-c3c(-c4ccsc4C#N)c4ccccc4n3S(=O)(=O)c3ccc(C)cc3)c2)ccc1CO. The third-order valence-electron chi connectivity index (χ3n) is 8.08. The van der Waals surface area contributed by atoms with Crippen LogP contribution in [0.1, 0.15) is 22.9 Å². The molecule has 6 rings (SSSR count). The van der Waals surface area contributed by atoms with E-state index in [-0.39, 0.29) is 22.0 Å². The van der Waals surface area contributed by atoms with Gasteiger partial charge in [0, 0.05) is 22.1 Å². The highest BCUT2D eigenvalue weighted by Crippen LogP contribution is 2.45. The Balaban J connectivity index is 1.62. The lowest BCUT2D eigenvalue weighted by Crippen LogP contribution is -2.20. The third kappa shape index (κ3) is 6.29. The van der Waals surface area contributed by atoms with Crippen molar-refractivity contribution in [3.8, 4) is 39.6 Å². The van der Waals surface area contributed by atoms with E-state index in [0.717, 1.165) is 5.56 Å². The number of thiophene rings is 1. The van der Waals surface area contributed by atoms with Crippen LogP contribution < -0.4 is 0 Å². The minimum Gasteiger partial charge on any atom is -0.465 e. The maximum atomic E-state index is 14.6. The molecule has 0 amide bonds. The Kier molecular flexibility index (Phi) is 9.28. The number of sulfone groups is 1. The number of aryl methyl sites for hydroxylation is 1. The molecule has 12 heteroatoms. The highest BCUT2D eigenvalue weighted by atomic mass is 32.2. The zero-order valence-corrected chi connectivity index (χ0v) is 28.9. The quantitative estimate of drug-likeness (QED) is 0.151. The first-order valence-electron chi connectivity index (χ1n) is 15.2. The van der Waals surface area contributed by atoms with Gasteiger partial charge in [0.1, 0.15) is 10.9 Å². The monoisotopic (exact) mass is 710 g/mol. The molecule has 0 spiro atoms. The molecule has 0 aliphatic carbocycles. The van der Waals surface area contributed by atoms with Gasteiger partial charge in [0.05, 0.1) is 34.2 Å². The Morgan fingerprint density at radius 1 is 0.898 bits per heavy atom. The number of esters is 1. The molecule has 0 atom stereocenters. The van der Waals surface area contributed by atoms with Crippen LogP contribution in [0, 0.1) is 18.3 Å². The Hall–Kier alpha value is -5.06. The van der Waals surface area contributed by atoms with Crippen LogP contribution in [0.4, 0.5) is 0 Å². The molecule has 0 saturated carbocycles. The number of fused-ring (bicyclic) bond motifs is 1. The average Bonchev–Trinajstić information content (AvgIpc) is 3.70. The fourth-order valence-electron chi connectivity index (χ4n) is 5.84. The summed E-state index contributed by atoms with van der Waals surface area (Å²) in [7, 11) is -8.38. The van der Waals surface area contributed by atoms with Crippen LogP contribution in [0.3, 0.4) is 0 Å². The van der Waals surface area contributed by atoms with Crippen LogP contribution in [-0.4, -0.2) is 44.2 Å². The molecule has 0 radical (unpaired) electrons. The van der Waals surface area contributed by atoms with Crippen molar-refractivity contribution >= 4 is 48.1 Å². The second-order valence-electron chi connectivity index (χ2n) is 11.2. The van der Waals surface area contributed by atoms with Gasteiger partial charge >= 0.3 is 5.97 Å². The minimum absolute atomic E-state index is 0.0215. The van der Waals surface area contributed by atoms with Gasteiger partial charge in [-0.2, -0.15) is 5.26 Å². The van der Waals surface area contributed by atoms with Crippen molar-refractivity contribution in [3.05, 3.63) is 118 Å². The van der Waals surface area contributed by atoms with Gasteiger partial charge in [0.2, 0.25) is 0 Å². The van der Waals surface area contributed by atoms with E-state index in [1.54, 1.807) is 85.1 Å². The van der Waals surface area contributed by atoms with Crippen molar-refractivity contribution in [1.29, 1.82) is 5.26 Å². The number of para-hydroxylation sites is 1. The fraction of sp³-hybridized carbons (Fsp3) is 0.135. The number of benzene rings is 4. The van der Waals surface area contributed by atoms with Gasteiger partial charge in [-0.05, 0) is 72.3 Å². The van der Waals surface area contributed by atoms with Gasteiger partial charge in [0.25, 0.3) is 10.0 Å². The number of nitrogens with zero attached hydrogens (tertiary/aromatic N) is 2. The molecular weight excluding hydrogens is 681 g/mol. The first kappa shape index (κ1) is 33.8. The molecule has 0 aliphatic rings. The highest BCUT2D eigenvalue weighted by Gasteiger charge is 2.30. The van der Waals surface area contributed by atoms with Gasteiger partial charge in [-0.25, -0.2) is 20.8 Å². The number of nitriles is 1. The number of carbonyl (C=O) groups is 1. The molecule has 0 aliphatic heterocycles.